The average molecular weight is 467 g/mol. The number of fused-ring (bicyclic) bond motifs is 1. The van der Waals surface area contributed by atoms with E-state index >= 15 is 0 Å². The molecule has 5 rings (SSSR count). The minimum atomic E-state index is 0.208. The van der Waals surface area contributed by atoms with Crippen LogP contribution in [0, 0.1) is 0 Å². The number of nitrogen functional groups attached to an aromatic ring is 1. The molecule has 4 N–H and O–H groups in total. The van der Waals surface area contributed by atoms with E-state index in [0.717, 1.165) is 93.1 Å². The summed E-state index contributed by atoms with van der Waals surface area (Å²) < 4.78 is 7.56. The van der Waals surface area contributed by atoms with Gasteiger partial charge in [0.2, 0.25) is 0 Å². The van der Waals surface area contributed by atoms with Crippen LogP contribution in [-0.2, 0) is 11.2 Å². The number of aliphatic hydroxyl groups excluding tert-OH is 1. The Morgan fingerprint density at radius 1 is 1.12 bits per heavy atom. The van der Waals surface area contributed by atoms with E-state index in [1.807, 2.05) is 6.20 Å². The topological polar surface area (TPSA) is 127 Å². The molecule has 0 unspecified atom stereocenters. The number of pyridine rings is 1. The Morgan fingerprint density at radius 2 is 1.91 bits per heavy atom. The van der Waals surface area contributed by atoms with Crippen molar-refractivity contribution < 1.29 is 9.84 Å². The molecule has 10 nitrogen and oxygen atoms in total. The molecule has 0 spiro atoms. The van der Waals surface area contributed by atoms with Gasteiger partial charge in [-0.05, 0) is 32.1 Å². The average Bonchev–Trinajstić information content (AvgIpc) is 3.35. The fourth-order valence-corrected chi connectivity index (χ4v) is 4.93. The largest absolute Gasteiger partial charge is 0.395 e. The first kappa shape index (κ1) is 22.9. The van der Waals surface area contributed by atoms with E-state index < -0.39 is 0 Å². The maximum Gasteiger partial charge on any atom is 0.151 e. The Bertz CT molecular complexity index is 1120. The summed E-state index contributed by atoms with van der Waals surface area (Å²) in [5, 5.41) is 17.5. The number of piperidine rings is 1. The van der Waals surface area contributed by atoms with Crippen molar-refractivity contribution in [3.05, 3.63) is 24.3 Å². The van der Waals surface area contributed by atoms with Gasteiger partial charge in [-0.25, -0.2) is 15.0 Å². The minimum Gasteiger partial charge on any atom is -0.395 e. The van der Waals surface area contributed by atoms with Crippen LogP contribution in [0.25, 0.3) is 22.2 Å². The number of ether oxygens (including phenoxy) is 1. The number of nitrogens with two attached hydrogens (primary N) is 1. The van der Waals surface area contributed by atoms with Gasteiger partial charge in [-0.3, -0.25) is 4.68 Å². The fourth-order valence-electron chi connectivity index (χ4n) is 4.93. The third-order valence-electron chi connectivity index (χ3n) is 6.96. The third-order valence-corrected chi connectivity index (χ3v) is 6.96. The monoisotopic (exact) mass is 466 g/mol. The van der Waals surface area contributed by atoms with Crippen molar-refractivity contribution >= 4 is 22.7 Å². The molecular weight excluding hydrogens is 432 g/mol. The summed E-state index contributed by atoms with van der Waals surface area (Å²) in [4.78, 5) is 16.6. The summed E-state index contributed by atoms with van der Waals surface area (Å²) in [5.41, 5.74) is 10.4. The van der Waals surface area contributed by atoms with E-state index in [-0.39, 0.29) is 6.61 Å². The highest BCUT2D eigenvalue weighted by Crippen LogP contribution is 2.32. The number of nitrogens with zero attached hydrogens (tertiary/aromatic N) is 6. The predicted molar refractivity (Wildman–Crippen MR) is 132 cm³/mol. The van der Waals surface area contributed by atoms with Gasteiger partial charge in [0.1, 0.15) is 16.9 Å². The van der Waals surface area contributed by atoms with Gasteiger partial charge in [-0.1, -0.05) is 6.92 Å². The molecule has 3 aromatic heterocycles. The molecule has 2 aliphatic rings. The van der Waals surface area contributed by atoms with E-state index in [1.54, 1.807) is 6.20 Å². The number of rotatable bonds is 7. The third kappa shape index (κ3) is 4.70. The number of hydrogen-bond acceptors (Lipinski definition) is 9. The number of aliphatic hydroxyl groups is 1. The lowest BCUT2D eigenvalue weighted by Crippen LogP contribution is -2.36. The van der Waals surface area contributed by atoms with Crippen LogP contribution in [0.2, 0.25) is 0 Å². The summed E-state index contributed by atoms with van der Waals surface area (Å²) in [6.07, 6.45) is 10.4. The lowest BCUT2D eigenvalue weighted by Gasteiger charge is -2.31. The highest BCUT2D eigenvalue weighted by molar-refractivity contribution is 5.96. The van der Waals surface area contributed by atoms with Crippen molar-refractivity contribution in [3.63, 3.8) is 0 Å². The maximum absolute atomic E-state index is 9.19. The highest BCUT2D eigenvalue weighted by Gasteiger charge is 2.23. The molecule has 0 atom stereocenters. The van der Waals surface area contributed by atoms with Crippen molar-refractivity contribution in [2.45, 2.75) is 51.1 Å². The molecule has 34 heavy (non-hydrogen) atoms. The highest BCUT2D eigenvalue weighted by atomic mass is 16.5. The normalized spacial score (nSPS) is 18.5. The van der Waals surface area contributed by atoms with Crippen LogP contribution in [0.15, 0.2) is 18.6 Å². The van der Waals surface area contributed by atoms with E-state index in [0.29, 0.717) is 23.4 Å². The van der Waals surface area contributed by atoms with E-state index in [2.05, 4.69) is 38.1 Å². The molecule has 182 valence electrons. The lowest BCUT2D eigenvalue weighted by atomic mass is 10.1. The van der Waals surface area contributed by atoms with Crippen LogP contribution >= 0.6 is 0 Å². The zero-order valence-corrected chi connectivity index (χ0v) is 19.8. The molecule has 2 saturated heterocycles. The molecule has 0 saturated carbocycles. The zero-order valence-electron chi connectivity index (χ0n) is 19.8. The Kier molecular flexibility index (Phi) is 6.89. The van der Waals surface area contributed by atoms with Gasteiger partial charge in [-0.2, -0.15) is 5.10 Å². The van der Waals surface area contributed by atoms with Crippen LogP contribution in [-0.4, -0.2) is 80.2 Å². The number of likely N-dealkylation sites (tertiary alicyclic amines) is 1. The van der Waals surface area contributed by atoms with Gasteiger partial charge in [0.25, 0.3) is 0 Å². The zero-order chi connectivity index (χ0) is 23.5. The molecular formula is C24H34N8O2. The maximum atomic E-state index is 9.19. The van der Waals surface area contributed by atoms with Gasteiger partial charge < -0.3 is 25.8 Å². The lowest BCUT2D eigenvalue weighted by molar-refractivity contribution is 0.0903. The summed E-state index contributed by atoms with van der Waals surface area (Å²) in [5.74, 6) is 1.21. The molecule has 10 heteroatoms. The van der Waals surface area contributed by atoms with Crippen molar-refractivity contribution in [2.75, 3.05) is 50.5 Å². The first-order valence-corrected chi connectivity index (χ1v) is 12.3. The van der Waals surface area contributed by atoms with Crippen LogP contribution in [0.1, 0.15) is 44.3 Å². The van der Waals surface area contributed by atoms with E-state index in [4.69, 9.17) is 20.4 Å². The van der Waals surface area contributed by atoms with Crippen molar-refractivity contribution in [3.8, 4) is 11.1 Å². The predicted octanol–water partition coefficient (Wildman–Crippen LogP) is 2.25. The van der Waals surface area contributed by atoms with Crippen LogP contribution in [0.3, 0.4) is 0 Å². The summed E-state index contributed by atoms with van der Waals surface area (Å²) in [6.45, 7) is 6.50. The van der Waals surface area contributed by atoms with Crippen LogP contribution in [0.4, 0.5) is 11.6 Å². The SMILES string of the molecule is CCc1nc2c(N)ncc(-c3cnn(C4CCN(CCO)CC4)c3)c2nc1NC1CCOCC1. The Hall–Kier alpha value is -2.82. The Labute approximate surface area is 199 Å². The van der Waals surface area contributed by atoms with Gasteiger partial charge >= 0.3 is 0 Å². The molecule has 0 bridgehead atoms. The first-order valence-electron chi connectivity index (χ1n) is 12.3. The second-order valence-electron chi connectivity index (χ2n) is 9.16. The van der Waals surface area contributed by atoms with Gasteiger partial charge in [0.15, 0.2) is 5.82 Å². The molecule has 2 aliphatic heterocycles. The summed E-state index contributed by atoms with van der Waals surface area (Å²) >= 11 is 0. The quantitative estimate of drug-likeness (QED) is 0.480. The number of aromatic nitrogens is 5. The van der Waals surface area contributed by atoms with Crippen molar-refractivity contribution in [1.29, 1.82) is 0 Å². The second kappa shape index (κ2) is 10.2. The van der Waals surface area contributed by atoms with Crippen molar-refractivity contribution in [2.24, 2.45) is 0 Å². The van der Waals surface area contributed by atoms with Gasteiger partial charge in [-0.15, -0.1) is 0 Å². The van der Waals surface area contributed by atoms with Crippen LogP contribution in [0.5, 0.6) is 0 Å². The minimum absolute atomic E-state index is 0.208. The molecule has 0 aliphatic carbocycles. The number of aryl methyl sites for hydroxylation is 1. The number of nitrogens with one attached hydrogen (secondary N) is 1. The first-order chi connectivity index (χ1) is 16.7. The summed E-state index contributed by atoms with van der Waals surface area (Å²) in [6, 6.07) is 0.674. The molecule has 0 aromatic carbocycles. The van der Waals surface area contributed by atoms with Gasteiger partial charge in [0.05, 0.1) is 24.5 Å². The van der Waals surface area contributed by atoms with E-state index in [1.165, 1.54) is 0 Å². The Morgan fingerprint density at radius 3 is 2.65 bits per heavy atom. The summed E-state index contributed by atoms with van der Waals surface area (Å²) in [7, 11) is 0. The van der Waals surface area contributed by atoms with Crippen molar-refractivity contribution in [1.82, 2.24) is 29.6 Å². The molecule has 3 aromatic rings. The fraction of sp³-hybridized carbons (Fsp3) is 0.583. The number of anilines is 2. The Balaban J connectivity index is 1.45. The molecule has 0 amide bonds. The molecule has 5 heterocycles. The molecule has 0 radical (unpaired) electrons. The number of β-amino-alcohol motifs (C(OH)–C–C–N with tert-alkyl or cyclic N) is 1. The van der Waals surface area contributed by atoms with E-state index in [9.17, 15) is 5.11 Å². The smallest absolute Gasteiger partial charge is 0.151 e. The van der Waals surface area contributed by atoms with Gasteiger partial charge in [0, 0.05) is 62.4 Å². The molecule has 2 fully saturated rings. The number of hydrogen-bond donors (Lipinski definition) is 3. The standard InChI is InChI=1S/C24H34N8O2/c1-2-20-24(28-17-5-11-34-12-6-17)30-21-19(14-26-23(25)22(21)29-20)16-13-27-32(15-16)18-3-7-31(8-4-18)9-10-33/h13-15,17-18,33H,2-12H2,1H3,(H2,25,26)(H,28,30). The second-order valence-corrected chi connectivity index (χ2v) is 9.16. The van der Waals surface area contributed by atoms with Crippen LogP contribution < -0.4 is 11.1 Å².